The summed E-state index contributed by atoms with van der Waals surface area (Å²) in [6.45, 7) is 6.04. The van der Waals surface area contributed by atoms with Crippen LogP contribution < -0.4 is 10.1 Å². The number of fused-ring (bicyclic) bond motifs is 2. The van der Waals surface area contributed by atoms with Crippen LogP contribution in [0.1, 0.15) is 32.6 Å². The number of hydrogen-bond acceptors (Lipinski definition) is 3. The lowest BCUT2D eigenvalue weighted by molar-refractivity contribution is -0.118. The number of ether oxygens (including phenoxy) is 1. The average molecular weight is 320 g/mol. The molecule has 0 spiro atoms. The number of piperidine rings is 1. The summed E-state index contributed by atoms with van der Waals surface area (Å²) in [5.74, 6) is 1.03. The number of nitrogens with zero attached hydrogens (tertiary/aromatic N) is 1. The minimum absolute atomic E-state index is 0.0405. The number of carbonyl (C=O) groups excluding carboxylic acids is 1. The molecule has 5 heteroatoms. The van der Waals surface area contributed by atoms with Crippen LogP contribution in [0.2, 0.25) is 0 Å². The van der Waals surface area contributed by atoms with Gasteiger partial charge in [0.05, 0.1) is 12.3 Å². The van der Waals surface area contributed by atoms with Gasteiger partial charge in [0.15, 0.2) is 0 Å². The van der Waals surface area contributed by atoms with Gasteiger partial charge in [-0.05, 0) is 56.3 Å². The summed E-state index contributed by atoms with van der Waals surface area (Å²) in [5, 5.41) is 2.82. The highest BCUT2D eigenvalue weighted by atomic mass is 19.1. The molecule has 1 aromatic carbocycles. The number of likely N-dealkylation sites (tertiary alicyclic amines) is 1. The molecule has 1 amide bonds. The second-order valence-corrected chi connectivity index (χ2v) is 6.64. The first kappa shape index (κ1) is 16.2. The van der Waals surface area contributed by atoms with Crippen LogP contribution in [-0.2, 0) is 4.79 Å². The monoisotopic (exact) mass is 320 g/mol. The van der Waals surface area contributed by atoms with E-state index in [9.17, 15) is 9.18 Å². The molecule has 2 heterocycles. The van der Waals surface area contributed by atoms with Crippen LogP contribution in [0.3, 0.4) is 0 Å². The highest BCUT2D eigenvalue weighted by Gasteiger charge is 2.31. The molecule has 1 saturated heterocycles. The summed E-state index contributed by atoms with van der Waals surface area (Å²) in [6, 6.07) is 4.29. The Morgan fingerprint density at radius 1 is 1.35 bits per heavy atom. The van der Waals surface area contributed by atoms with E-state index in [0.29, 0.717) is 36.3 Å². The Morgan fingerprint density at radius 3 is 3.04 bits per heavy atom. The number of amides is 1. The highest BCUT2D eigenvalue weighted by Crippen LogP contribution is 2.33. The third kappa shape index (κ3) is 4.02. The first-order valence-corrected chi connectivity index (χ1v) is 8.60. The molecule has 2 aliphatic heterocycles. The molecule has 4 nitrogen and oxygen atoms in total. The summed E-state index contributed by atoms with van der Waals surface area (Å²) in [7, 11) is 0. The van der Waals surface area contributed by atoms with Crippen LogP contribution >= 0.6 is 0 Å². The van der Waals surface area contributed by atoms with Crippen molar-refractivity contribution >= 4 is 11.6 Å². The van der Waals surface area contributed by atoms with Gasteiger partial charge in [0.1, 0.15) is 11.6 Å². The lowest BCUT2D eigenvalue weighted by Crippen LogP contribution is -2.42. The van der Waals surface area contributed by atoms with E-state index in [1.165, 1.54) is 12.1 Å². The summed E-state index contributed by atoms with van der Waals surface area (Å²) < 4.78 is 19.2. The number of halogens is 1. The first-order chi connectivity index (χ1) is 11.2. The molecule has 0 bridgehead atoms. The number of rotatable bonds is 2. The molecule has 3 rings (SSSR count). The Labute approximate surface area is 137 Å². The third-order valence-electron chi connectivity index (χ3n) is 4.92. The van der Waals surface area contributed by atoms with Crippen molar-refractivity contribution in [2.24, 2.45) is 11.8 Å². The molecule has 2 atom stereocenters. The van der Waals surface area contributed by atoms with E-state index in [0.717, 1.165) is 38.9 Å². The highest BCUT2D eigenvalue weighted by molar-refractivity contribution is 5.92. The Hall–Kier alpha value is -1.62. The van der Waals surface area contributed by atoms with Crippen LogP contribution in [-0.4, -0.2) is 37.0 Å². The van der Waals surface area contributed by atoms with Gasteiger partial charge in [-0.25, -0.2) is 4.39 Å². The van der Waals surface area contributed by atoms with Crippen molar-refractivity contribution in [2.45, 2.75) is 32.6 Å². The average Bonchev–Trinajstić information content (AvgIpc) is 2.52. The topological polar surface area (TPSA) is 41.6 Å². The summed E-state index contributed by atoms with van der Waals surface area (Å²) in [5.41, 5.74) is 0.442. The van der Waals surface area contributed by atoms with Crippen LogP contribution in [0.5, 0.6) is 5.75 Å². The van der Waals surface area contributed by atoms with E-state index in [2.05, 4.69) is 17.1 Å². The second kappa shape index (κ2) is 7.30. The van der Waals surface area contributed by atoms with E-state index < -0.39 is 0 Å². The maximum atomic E-state index is 13.4. The molecule has 1 aromatic rings. The lowest BCUT2D eigenvalue weighted by atomic mass is 9.81. The van der Waals surface area contributed by atoms with Gasteiger partial charge in [0.25, 0.3) is 0 Å². The van der Waals surface area contributed by atoms with Gasteiger partial charge in [0.2, 0.25) is 5.91 Å². The van der Waals surface area contributed by atoms with E-state index in [1.54, 1.807) is 6.07 Å². The van der Waals surface area contributed by atoms with Crippen molar-refractivity contribution in [3.8, 4) is 5.75 Å². The van der Waals surface area contributed by atoms with Crippen molar-refractivity contribution in [2.75, 3.05) is 31.6 Å². The van der Waals surface area contributed by atoms with Gasteiger partial charge >= 0.3 is 0 Å². The molecule has 0 saturated carbocycles. The maximum Gasteiger partial charge on any atom is 0.224 e. The van der Waals surface area contributed by atoms with Crippen LogP contribution in [0.15, 0.2) is 18.2 Å². The van der Waals surface area contributed by atoms with Gasteiger partial charge in [0, 0.05) is 19.0 Å². The summed E-state index contributed by atoms with van der Waals surface area (Å²) in [4.78, 5) is 14.8. The third-order valence-corrected chi connectivity index (χ3v) is 4.92. The molecular weight excluding hydrogens is 295 g/mol. The molecular formula is C18H25FN2O2. The molecule has 126 valence electrons. The van der Waals surface area contributed by atoms with Crippen molar-refractivity contribution in [1.29, 1.82) is 0 Å². The molecule has 0 unspecified atom stereocenters. The SMILES string of the molecule is CCCN1CC[C@H]2CC(=O)Nc3cc(F)ccc3OCC[C@H]2C1. The molecule has 23 heavy (non-hydrogen) atoms. The van der Waals surface area contributed by atoms with E-state index >= 15 is 0 Å². The zero-order chi connectivity index (χ0) is 16.2. The van der Waals surface area contributed by atoms with Gasteiger partial charge in [-0.15, -0.1) is 0 Å². The predicted octanol–water partition coefficient (Wildman–Crippen LogP) is 3.28. The van der Waals surface area contributed by atoms with Gasteiger partial charge in [-0.1, -0.05) is 6.92 Å². The molecule has 1 fully saturated rings. The van der Waals surface area contributed by atoms with Gasteiger partial charge in [-0.3, -0.25) is 4.79 Å². The Balaban J connectivity index is 1.74. The van der Waals surface area contributed by atoms with Gasteiger partial charge in [-0.2, -0.15) is 0 Å². The van der Waals surface area contributed by atoms with Gasteiger partial charge < -0.3 is 15.0 Å². The fourth-order valence-corrected chi connectivity index (χ4v) is 3.76. The second-order valence-electron chi connectivity index (χ2n) is 6.64. The Morgan fingerprint density at radius 2 is 2.22 bits per heavy atom. The smallest absolute Gasteiger partial charge is 0.224 e. The number of carbonyl (C=O) groups is 1. The molecule has 0 aliphatic carbocycles. The minimum Gasteiger partial charge on any atom is -0.491 e. The van der Waals surface area contributed by atoms with Crippen molar-refractivity contribution in [1.82, 2.24) is 4.90 Å². The summed E-state index contributed by atoms with van der Waals surface area (Å²) >= 11 is 0. The van der Waals surface area contributed by atoms with Crippen molar-refractivity contribution in [3.05, 3.63) is 24.0 Å². The number of anilines is 1. The van der Waals surface area contributed by atoms with E-state index in [-0.39, 0.29) is 11.7 Å². The molecule has 0 aromatic heterocycles. The maximum absolute atomic E-state index is 13.4. The lowest BCUT2D eigenvalue weighted by Gasteiger charge is -2.39. The minimum atomic E-state index is -0.365. The molecule has 1 N–H and O–H groups in total. The normalized spacial score (nSPS) is 25.7. The number of nitrogens with one attached hydrogen (secondary N) is 1. The zero-order valence-corrected chi connectivity index (χ0v) is 13.7. The number of benzene rings is 1. The van der Waals surface area contributed by atoms with E-state index in [4.69, 9.17) is 4.74 Å². The van der Waals surface area contributed by atoms with Crippen LogP contribution in [0.25, 0.3) is 0 Å². The Bertz CT molecular complexity index is 564. The van der Waals surface area contributed by atoms with Crippen LogP contribution in [0.4, 0.5) is 10.1 Å². The summed E-state index contributed by atoms with van der Waals surface area (Å²) in [6.07, 6.45) is 3.66. The standard InChI is InChI=1S/C18H25FN2O2/c1-2-7-21-8-5-13-10-18(22)20-16-11-15(19)3-4-17(16)23-9-6-14(13)12-21/h3-4,11,13-14H,2,5-10,12H2,1H3,(H,20,22)/t13-,14-/m0/s1. The fourth-order valence-electron chi connectivity index (χ4n) is 3.76. The van der Waals surface area contributed by atoms with Crippen molar-refractivity contribution in [3.63, 3.8) is 0 Å². The quantitative estimate of drug-likeness (QED) is 0.909. The first-order valence-electron chi connectivity index (χ1n) is 8.60. The van der Waals surface area contributed by atoms with Crippen LogP contribution in [0, 0.1) is 17.7 Å². The predicted molar refractivity (Wildman–Crippen MR) is 88.1 cm³/mol. The number of hydrogen-bond donors (Lipinski definition) is 1. The zero-order valence-electron chi connectivity index (χ0n) is 13.7. The molecule has 0 radical (unpaired) electrons. The largest absolute Gasteiger partial charge is 0.491 e. The van der Waals surface area contributed by atoms with Crippen molar-refractivity contribution < 1.29 is 13.9 Å². The molecule has 2 aliphatic rings. The fraction of sp³-hybridized carbons (Fsp3) is 0.611. The Kier molecular flexibility index (Phi) is 5.16. The van der Waals surface area contributed by atoms with E-state index in [1.807, 2.05) is 0 Å².